The lowest BCUT2D eigenvalue weighted by atomic mass is 9.91. The van der Waals surface area contributed by atoms with Gasteiger partial charge in [0, 0.05) is 18.1 Å². The summed E-state index contributed by atoms with van der Waals surface area (Å²) in [5, 5.41) is 17.4. The second-order valence-corrected chi connectivity index (χ2v) is 5.51. The molecule has 0 aliphatic carbocycles. The number of pyridine rings is 2. The lowest BCUT2D eigenvalue weighted by Crippen LogP contribution is -2.40. The third-order valence-corrected chi connectivity index (χ3v) is 3.92. The van der Waals surface area contributed by atoms with Gasteiger partial charge in [0.05, 0.1) is 17.6 Å². The zero-order valence-corrected chi connectivity index (χ0v) is 13.1. The van der Waals surface area contributed by atoms with E-state index in [1.165, 1.54) is 0 Å². The molecule has 0 fully saturated rings. The van der Waals surface area contributed by atoms with Crippen LogP contribution in [0, 0.1) is 5.92 Å². The van der Waals surface area contributed by atoms with E-state index in [-0.39, 0.29) is 5.91 Å². The molecule has 0 bridgehead atoms. The number of rotatable bonds is 3. The normalized spacial score (nSPS) is 19.0. The first-order valence-electron chi connectivity index (χ1n) is 7.59. The van der Waals surface area contributed by atoms with Gasteiger partial charge < -0.3 is 10.6 Å². The van der Waals surface area contributed by atoms with Gasteiger partial charge in [-0.05, 0) is 34.7 Å². The molecular formula is C16H14N8O. The second-order valence-electron chi connectivity index (χ2n) is 5.51. The number of fused-ring (bicyclic) bond motifs is 1. The summed E-state index contributed by atoms with van der Waals surface area (Å²) in [6.45, 7) is 3.99. The predicted molar refractivity (Wildman–Crippen MR) is 89.3 cm³/mol. The Morgan fingerprint density at radius 2 is 2.16 bits per heavy atom. The highest BCUT2D eigenvalue weighted by atomic mass is 16.2. The first-order chi connectivity index (χ1) is 12.2. The number of nitrogens with zero attached hydrogens (tertiary/aromatic N) is 6. The van der Waals surface area contributed by atoms with Gasteiger partial charge in [-0.3, -0.25) is 14.8 Å². The van der Waals surface area contributed by atoms with Crippen LogP contribution in [-0.4, -0.2) is 36.1 Å². The molecule has 0 aromatic carbocycles. The molecule has 9 heteroatoms. The highest BCUT2D eigenvalue weighted by Crippen LogP contribution is 2.36. The molecule has 2 N–H and O–H groups in total. The Morgan fingerprint density at radius 3 is 2.92 bits per heavy atom. The summed E-state index contributed by atoms with van der Waals surface area (Å²) in [4.78, 5) is 21.3. The molecule has 4 rings (SSSR count). The maximum atomic E-state index is 12.9. The van der Waals surface area contributed by atoms with E-state index in [0.717, 1.165) is 0 Å². The number of carbonyl (C=O) groups is 1. The molecule has 2 unspecified atom stereocenters. The van der Waals surface area contributed by atoms with Crippen LogP contribution in [0.3, 0.4) is 0 Å². The van der Waals surface area contributed by atoms with Crippen molar-refractivity contribution in [3.63, 3.8) is 0 Å². The zero-order chi connectivity index (χ0) is 17.2. The Hall–Kier alpha value is -3.62. The van der Waals surface area contributed by atoms with Crippen LogP contribution in [0.2, 0.25) is 0 Å². The lowest BCUT2D eigenvalue weighted by Gasteiger charge is -2.32. The Labute approximate surface area is 142 Å². The molecule has 9 nitrogen and oxygen atoms in total. The number of nitrogens with one attached hydrogen (secondary N) is 2. The molecule has 0 radical (unpaired) electrons. The fourth-order valence-corrected chi connectivity index (χ4v) is 2.82. The van der Waals surface area contributed by atoms with Crippen LogP contribution >= 0.6 is 0 Å². The van der Waals surface area contributed by atoms with Crippen molar-refractivity contribution in [1.29, 1.82) is 0 Å². The van der Waals surface area contributed by atoms with Crippen molar-refractivity contribution >= 4 is 17.5 Å². The Balaban J connectivity index is 1.74. The molecule has 1 amide bonds. The minimum absolute atomic E-state index is 0.248. The maximum absolute atomic E-state index is 12.9. The third kappa shape index (κ3) is 2.71. The summed E-state index contributed by atoms with van der Waals surface area (Å²) >= 11 is 0. The second kappa shape index (κ2) is 6.11. The molecule has 0 saturated carbocycles. The molecule has 1 aliphatic rings. The van der Waals surface area contributed by atoms with Gasteiger partial charge in [0.25, 0.3) is 0 Å². The summed E-state index contributed by atoms with van der Waals surface area (Å²) in [6, 6.07) is 8.51. The molecule has 124 valence electrons. The topological polar surface area (TPSA) is 111 Å². The van der Waals surface area contributed by atoms with Gasteiger partial charge in [0.1, 0.15) is 12.0 Å². The minimum Gasteiger partial charge on any atom is -0.326 e. The molecular weight excluding hydrogens is 320 g/mol. The Kier molecular flexibility index (Phi) is 3.65. The predicted octanol–water partition coefficient (Wildman–Crippen LogP) is 1.25. The van der Waals surface area contributed by atoms with Crippen LogP contribution in [0.4, 0.5) is 11.6 Å². The fraction of sp³-hybridized carbons (Fsp3) is 0.125. The van der Waals surface area contributed by atoms with Crippen molar-refractivity contribution in [2.45, 2.75) is 6.04 Å². The van der Waals surface area contributed by atoms with Crippen molar-refractivity contribution in [2.75, 3.05) is 10.6 Å². The number of amides is 1. The van der Waals surface area contributed by atoms with E-state index < -0.39 is 12.0 Å². The average molecular weight is 334 g/mol. The SMILES string of the molecule is C=C1Nc2nnnn2C(c2ccccn2)C1C(=O)Nc1cccnc1. The van der Waals surface area contributed by atoms with E-state index in [1.54, 1.807) is 35.4 Å². The first kappa shape index (κ1) is 14.9. The third-order valence-electron chi connectivity index (χ3n) is 3.92. The first-order valence-corrected chi connectivity index (χ1v) is 7.59. The van der Waals surface area contributed by atoms with Crippen molar-refractivity contribution in [2.24, 2.45) is 5.92 Å². The van der Waals surface area contributed by atoms with Gasteiger partial charge in [-0.15, -0.1) is 0 Å². The summed E-state index contributed by atoms with van der Waals surface area (Å²) in [6.07, 6.45) is 4.89. The van der Waals surface area contributed by atoms with E-state index in [0.29, 0.717) is 23.0 Å². The van der Waals surface area contributed by atoms with Crippen LogP contribution in [0.25, 0.3) is 0 Å². The quantitative estimate of drug-likeness (QED) is 0.741. The molecule has 0 saturated heterocycles. The van der Waals surface area contributed by atoms with E-state index in [9.17, 15) is 4.79 Å². The van der Waals surface area contributed by atoms with Crippen LogP contribution in [0.15, 0.2) is 61.2 Å². The van der Waals surface area contributed by atoms with Crippen molar-refractivity contribution in [3.8, 4) is 0 Å². The average Bonchev–Trinajstić information content (AvgIpc) is 3.10. The summed E-state index contributed by atoms with van der Waals surface area (Å²) in [5.41, 5.74) is 1.77. The smallest absolute Gasteiger partial charge is 0.247 e. The number of hydrogen-bond donors (Lipinski definition) is 2. The van der Waals surface area contributed by atoms with Gasteiger partial charge in [-0.2, -0.15) is 0 Å². The van der Waals surface area contributed by atoms with Crippen molar-refractivity contribution in [1.82, 2.24) is 30.2 Å². The largest absolute Gasteiger partial charge is 0.326 e. The number of hydrogen-bond acceptors (Lipinski definition) is 7. The van der Waals surface area contributed by atoms with Crippen LogP contribution in [0.1, 0.15) is 11.7 Å². The van der Waals surface area contributed by atoms with Crippen molar-refractivity contribution in [3.05, 3.63) is 66.9 Å². The summed E-state index contributed by atoms with van der Waals surface area (Å²) in [7, 11) is 0. The highest BCUT2D eigenvalue weighted by molar-refractivity contribution is 5.95. The van der Waals surface area contributed by atoms with E-state index in [2.05, 4.69) is 42.7 Å². The highest BCUT2D eigenvalue weighted by Gasteiger charge is 2.40. The molecule has 1 aliphatic heterocycles. The minimum atomic E-state index is -0.647. The number of tetrazole rings is 1. The molecule has 4 heterocycles. The molecule has 3 aromatic rings. The zero-order valence-electron chi connectivity index (χ0n) is 13.1. The lowest BCUT2D eigenvalue weighted by molar-refractivity contribution is -0.119. The summed E-state index contributed by atoms with van der Waals surface area (Å²) in [5.74, 6) is -0.473. The van der Waals surface area contributed by atoms with Gasteiger partial charge >= 0.3 is 0 Å². The molecule has 3 aromatic heterocycles. The fourth-order valence-electron chi connectivity index (χ4n) is 2.82. The summed E-state index contributed by atoms with van der Waals surface area (Å²) < 4.78 is 1.55. The van der Waals surface area contributed by atoms with E-state index in [1.807, 2.05) is 18.2 Å². The van der Waals surface area contributed by atoms with E-state index in [4.69, 9.17) is 0 Å². The monoisotopic (exact) mass is 334 g/mol. The maximum Gasteiger partial charge on any atom is 0.247 e. The van der Waals surface area contributed by atoms with Crippen LogP contribution in [-0.2, 0) is 4.79 Å². The molecule has 0 spiro atoms. The number of carbonyl (C=O) groups excluding carboxylic acids is 1. The van der Waals surface area contributed by atoms with Crippen molar-refractivity contribution < 1.29 is 4.79 Å². The van der Waals surface area contributed by atoms with Gasteiger partial charge in [-0.1, -0.05) is 17.7 Å². The molecule has 2 atom stereocenters. The van der Waals surface area contributed by atoms with Gasteiger partial charge in [0.15, 0.2) is 0 Å². The number of aromatic nitrogens is 6. The van der Waals surface area contributed by atoms with Crippen LogP contribution < -0.4 is 10.6 Å². The van der Waals surface area contributed by atoms with E-state index >= 15 is 0 Å². The van der Waals surface area contributed by atoms with Gasteiger partial charge in [-0.25, -0.2) is 4.68 Å². The van der Waals surface area contributed by atoms with Gasteiger partial charge in [0.2, 0.25) is 11.9 Å². The van der Waals surface area contributed by atoms with Crippen LogP contribution in [0.5, 0.6) is 0 Å². The standard InChI is InChI=1S/C16H14N8O/c1-10-13(15(25)20-11-5-4-7-17-9-11)14(12-6-2-3-8-18-12)24-16(19-10)21-22-23-24/h2-9,13-14H,1H2,(H,20,25)(H,19,21,23). The Morgan fingerprint density at radius 1 is 1.24 bits per heavy atom. The number of anilines is 2. The molecule has 25 heavy (non-hydrogen) atoms. The Bertz CT molecular complexity index is 908.